The SMILES string of the molecule is Cc1cc(N)ccc1NC(=O)CCSc1ncco1. The van der Waals surface area contributed by atoms with Gasteiger partial charge in [0.2, 0.25) is 5.91 Å². The van der Waals surface area contributed by atoms with Gasteiger partial charge in [0.15, 0.2) is 0 Å². The highest BCUT2D eigenvalue weighted by Gasteiger charge is 2.06. The molecule has 0 unspecified atom stereocenters. The highest BCUT2D eigenvalue weighted by Crippen LogP contribution is 2.19. The molecule has 0 spiro atoms. The molecular weight excluding hydrogens is 262 g/mol. The zero-order chi connectivity index (χ0) is 13.7. The summed E-state index contributed by atoms with van der Waals surface area (Å²) >= 11 is 1.41. The van der Waals surface area contributed by atoms with Gasteiger partial charge >= 0.3 is 0 Å². The maximum absolute atomic E-state index is 11.8. The van der Waals surface area contributed by atoms with Crippen LogP contribution in [0.4, 0.5) is 11.4 Å². The van der Waals surface area contributed by atoms with Crippen LogP contribution in [-0.2, 0) is 4.79 Å². The number of aryl methyl sites for hydroxylation is 1. The van der Waals surface area contributed by atoms with Gasteiger partial charge in [-0.25, -0.2) is 4.98 Å². The van der Waals surface area contributed by atoms with E-state index in [2.05, 4.69) is 10.3 Å². The molecule has 5 nitrogen and oxygen atoms in total. The van der Waals surface area contributed by atoms with Crippen LogP contribution in [0.2, 0.25) is 0 Å². The fraction of sp³-hybridized carbons (Fsp3) is 0.231. The number of nitrogens with two attached hydrogens (primary N) is 1. The molecule has 2 rings (SSSR count). The van der Waals surface area contributed by atoms with E-state index in [0.29, 0.717) is 23.1 Å². The summed E-state index contributed by atoms with van der Waals surface area (Å²) in [5, 5.41) is 3.44. The Morgan fingerprint density at radius 3 is 3.05 bits per heavy atom. The Bertz CT molecular complexity index is 555. The summed E-state index contributed by atoms with van der Waals surface area (Å²) < 4.78 is 5.07. The summed E-state index contributed by atoms with van der Waals surface area (Å²) in [4.78, 5) is 15.7. The van der Waals surface area contributed by atoms with Gasteiger partial charge in [-0.1, -0.05) is 11.8 Å². The van der Waals surface area contributed by atoms with Gasteiger partial charge in [0.1, 0.15) is 6.26 Å². The highest BCUT2D eigenvalue weighted by atomic mass is 32.2. The summed E-state index contributed by atoms with van der Waals surface area (Å²) in [6, 6.07) is 5.41. The number of amides is 1. The lowest BCUT2D eigenvalue weighted by molar-refractivity contribution is -0.115. The molecule has 0 aliphatic carbocycles. The van der Waals surface area contributed by atoms with Crippen molar-refractivity contribution in [1.29, 1.82) is 0 Å². The van der Waals surface area contributed by atoms with Gasteiger partial charge in [-0.2, -0.15) is 0 Å². The van der Waals surface area contributed by atoms with Crippen LogP contribution in [-0.4, -0.2) is 16.6 Å². The van der Waals surface area contributed by atoms with Crippen LogP contribution in [0.1, 0.15) is 12.0 Å². The monoisotopic (exact) mass is 277 g/mol. The number of nitrogen functional groups attached to an aromatic ring is 1. The van der Waals surface area contributed by atoms with E-state index in [0.717, 1.165) is 11.3 Å². The van der Waals surface area contributed by atoms with E-state index in [1.165, 1.54) is 18.0 Å². The smallest absolute Gasteiger partial charge is 0.255 e. The van der Waals surface area contributed by atoms with Crippen molar-refractivity contribution in [2.24, 2.45) is 0 Å². The third kappa shape index (κ3) is 4.03. The van der Waals surface area contributed by atoms with Crippen LogP contribution >= 0.6 is 11.8 Å². The molecule has 0 bridgehead atoms. The second kappa shape index (κ2) is 6.29. The Balaban J connectivity index is 1.80. The molecule has 1 aromatic carbocycles. The molecule has 1 heterocycles. The number of thioether (sulfide) groups is 1. The molecule has 1 aromatic heterocycles. The molecule has 3 N–H and O–H groups in total. The van der Waals surface area contributed by atoms with E-state index in [1.807, 2.05) is 19.1 Å². The number of aromatic nitrogens is 1. The highest BCUT2D eigenvalue weighted by molar-refractivity contribution is 7.99. The molecule has 0 aliphatic heterocycles. The van der Waals surface area contributed by atoms with Crippen molar-refractivity contribution < 1.29 is 9.21 Å². The fourth-order valence-electron chi connectivity index (χ4n) is 1.55. The average Bonchev–Trinajstić information content (AvgIpc) is 2.86. The van der Waals surface area contributed by atoms with Crippen molar-refractivity contribution >= 4 is 29.0 Å². The van der Waals surface area contributed by atoms with Crippen LogP contribution in [0.5, 0.6) is 0 Å². The fourth-order valence-corrected chi connectivity index (χ4v) is 2.27. The van der Waals surface area contributed by atoms with Crippen molar-refractivity contribution in [2.75, 3.05) is 16.8 Å². The predicted molar refractivity (Wildman–Crippen MR) is 76.1 cm³/mol. The Morgan fingerprint density at radius 1 is 1.53 bits per heavy atom. The number of anilines is 2. The van der Waals surface area contributed by atoms with Crippen LogP contribution < -0.4 is 11.1 Å². The van der Waals surface area contributed by atoms with Crippen LogP contribution in [0.3, 0.4) is 0 Å². The lowest BCUT2D eigenvalue weighted by Crippen LogP contribution is -2.13. The van der Waals surface area contributed by atoms with Crippen molar-refractivity contribution in [1.82, 2.24) is 4.98 Å². The first kappa shape index (κ1) is 13.5. The second-order valence-electron chi connectivity index (χ2n) is 4.02. The largest absolute Gasteiger partial charge is 0.440 e. The second-order valence-corrected chi connectivity index (χ2v) is 5.07. The Kier molecular flexibility index (Phi) is 4.46. The quantitative estimate of drug-likeness (QED) is 0.648. The van der Waals surface area contributed by atoms with E-state index in [1.54, 1.807) is 12.3 Å². The zero-order valence-corrected chi connectivity index (χ0v) is 11.4. The summed E-state index contributed by atoms with van der Waals surface area (Å²) in [6.07, 6.45) is 3.50. The number of rotatable bonds is 5. The third-order valence-corrected chi connectivity index (χ3v) is 3.35. The maximum Gasteiger partial charge on any atom is 0.255 e. The molecule has 6 heteroatoms. The first-order valence-electron chi connectivity index (χ1n) is 5.83. The van der Waals surface area contributed by atoms with Gasteiger partial charge in [-0.05, 0) is 30.7 Å². The Hall–Kier alpha value is -1.95. The van der Waals surface area contributed by atoms with Crippen LogP contribution in [0.15, 0.2) is 40.3 Å². The number of nitrogens with zero attached hydrogens (tertiary/aromatic N) is 1. The summed E-state index contributed by atoms with van der Waals surface area (Å²) in [6.45, 7) is 1.91. The zero-order valence-electron chi connectivity index (χ0n) is 10.6. The van der Waals surface area contributed by atoms with E-state index in [4.69, 9.17) is 10.2 Å². The van der Waals surface area contributed by atoms with E-state index in [-0.39, 0.29) is 5.91 Å². The third-order valence-electron chi connectivity index (χ3n) is 2.49. The number of hydrogen-bond acceptors (Lipinski definition) is 5. The van der Waals surface area contributed by atoms with E-state index >= 15 is 0 Å². The standard InChI is InChI=1S/C13H15N3O2S/c1-9-8-10(14)2-3-11(9)16-12(17)4-7-19-13-15-5-6-18-13/h2-3,5-6,8H,4,7,14H2,1H3,(H,16,17). The number of carbonyl (C=O) groups excluding carboxylic acids is 1. The molecule has 0 atom stereocenters. The Labute approximate surface area is 115 Å². The van der Waals surface area contributed by atoms with Gasteiger partial charge < -0.3 is 15.5 Å². The molecule has 0 saturated heterocycles. The van der Waals surface area contributed by atoms with Gasteiger partial charge in [-0.3, -0.25) is 4.79 Å². The van der Waals surface area contributed by atoms with E-state index < -0.39 is 0 Å². The van der Waals surface area contributed by atoms with E-state index in [9.17, 15) is 4.79 Å². The number of carbonyl (C=O) groups is 1. The molecule has 0 saturated carbocycles. The van der Waals surface area contributed by atoms with Gasteiger partial charge in [-0.15, -0.1) is 0 Å². The normalized spacial score (nSPS) is 10.4. The lowest BCUT2D eigenvalue weighted by Gasteiger charge is -2.08. The average molecular weight is 277 g/mol. The number of oxazole rings is 1. The van der Waals surface area contributed by atoms with Crippen molar-refractivity contribution in [3.05, 3.63) is 36.2 Å². The van der Waals surface area contributed by atoms with Crippen molar-refractivity contribution in [3.63, 3.8) is 0 Å². The predicted octanol–water partition coefficient (Wildman–Crippen LogP) is 2.69. The summed E-state index contributed by atoms with van der Waals surface area (Å²) in [5.41, 5.74) is 8.09. The van der Waals surface area contributed by atoms with Gasteiger partial charge in [0.25, 0.3) is 5.22 Å². The molecule has 1 amide bonds. The summed E-state index contributed by atoms with van der Waals surface area (Å²) in [7, 11) is 0. The molecule has 0 radical (unpaired) electrons. The molecule has 0 aliphatic rings. The van der Waals surface area contributed by atoms with Crippen molar-refractivity contribution in [3.8, 4) is 0 Å². The van der Waals surface area contributed by atoms with Gasteiger partial charge in [0, 0.05) is 23.5 Å². The minimum absolute atomic E-state index is 0.0353. The number of benzene rings is 1. The first-order chi connectivity index (χ1) is 9.15. The topological polar surface area (TPSA) is 81.1 Å². The minimum Gasteiger partial charge on any atom is -0.440 e. The van der Waals surface area contributed by atoms with Gasteiger partial charge in [0.05, 0.1) is 6.20 Å². The Morgan fingerprint density at radius 2 is 2.37 bits per heavy atom. The van der Waals surface area contributed by atoms with Crippen LogP contribution in [0, 0.1) is 6.92 Å². The first-order valence-corrected chi connectivity index (χ1v) is 6.82. The maximum atomic E-state index is 11.8. The molecule has 2 aromatic rings. The molecular formula is C13H15N3O2S. The number of hydrogen-bond donors (Lipinski definition) is 2. The van der Waals surface area contributed by atoms with Crippen LogP contribution in [0.25, 0.3) is 0 Å². The number of nitrogens with one attached hydrogen (secondary N) is 1. The molecule has 0 fully saturated rings. The molecule has 100 valence electrons. The lowest BCUT2D eigenvalue weighted by atomic mass is 10.2. The minimum atomic E-state index is -0.0353. The summed E-state index contributed by atoms with van der Waals surface area (Å²) in [5.74, 6) is 0.590. The van der Waals surface area contributed by atoms with Crippen molar-refractivity contribution in [2.45, 2.75) is 18.6 Å². The molecule has 19 heavy (non-hydrogen) atoms.